The molecular weight excluding hydrogens is 150 g/mol. The van der Waals surface area contributed by atoms with Crippen molar-refractivity contribution in [3.05, 3.63) is 35.9 Å². The van der Waals surface area contributed by atoms with Crippen LogP contribution in [0.15, 0.2) is 30.3 Å². The zero-order chi connectivity index (χ0) is 8.81. The summed E-state index contributed by atoms with van der Waals surface area (Å²) in [4.78, 5) is 0. The lowest BCUT2D eigenvalue weighted by Crippen LogP contribution is -2.21. The topological polar surface area (TPSA) is 35.2 Å². The number of nitrogens with two attached hydrogens (primary N) is 1. The Morgan fingerprint density at radius 3 is 2.58 bits per heavy atom. The predicted molar refractivity (Wildman–Crippen MR) is 49.7 cm³/mol. The molecule has 1 rings (SSSR count). The van der Waals surface area contributed by atoms with E-state index in [0.717, 1.165) is 0 Å². The van der Waals surface area contributed by atoms with Crippen LogP contribution in [-0.4, -0.2) is 12.6 Å². The fraction of sp³-hybridized carbons (Fsp3) is 0.400. The molecule has 2 nitrogen and oxygen atoms in total. The summed E-state index contributed by atoms with van der Waals surface area (Å²) in [6.07, 6.45) is 0. The fourth-order valence-electron chi connectivity index (χ4n) is 0.937. The molecule has 0 aliphatic rings. The van der Waals surface area contributed by atoms with Gasteiger partial charge in [-0.2, -0.15) is 0 Å². The summed E-state index contributed by atoms with van der Waals surface area (Å²) in [6.45, 7) is 3.21. The van der Waals surface area contributed by atoms with Crippen LogP contribution < -0.4 is 5.73 Å². The Balaban J connectivity index is 2.25. The van der Waals surface area contributed by atoms with E-state index in [9.17, 15) is 0 Å². The second-order valence-electron chi connectivity index (χ2n) is 2.98. The number of hydrogen-bond acceptors (Lipinski definition) is 2. The minimum absolute atomic E-state index is 0.119. The van der Waals surface area contributed by atoms with Crippen molar-refractivity contribution in [1.29, 1.82) is 0 Å². The molecule has 0 amide bonds. The maximum atomic E-state index is 5.53. The molecule has 0 heterocycles. The molecule has 0 unspecified atom stereocenters. The van der Waals surface area contributed by atoms with Crippen LogP contribution >= 0.6 is 0 Å². The largest absolute Gasteiger partial charge is 0.375 e. The van der Waals surface area contributed by atoms with Gasteiger partial charge < -0.3 is 10.5 Å². The third kappa shape index (κ3) is 3.51. The molecule has 1 aromatic carbocycles. The molecule has 0 spiro atoms. The van der Waals surface area contributed by atoms with Crippen molar-refractivity contribution < 1.29 is 4.74 Å². The van der Waals surface area contributed by atoms with Gasteiger partial charge in [-0.25, -0.2) is 0 Å². The summed E-state index contributed by atoms with van der Waals surface area (Å²) >= 11 is 0. The molecule has 0 aliphatic carbocycles. The Hall–Kier alpha value is -0.860. The molecule has 12 heavy (non-hydrogen) atoms. The van der Waals surface area contributed by atoms with E-state index in [1.807, 2.05) is 37.3 Å². The van der Waals surface area contributed by atoms with Crippen LogP contribution in [0.25, 0.3) is 0 Å². The Kier molecular flexibility index (Phi) is 3.77. The van der Waals surface area contributed by atoms with Crippen LogP contribution in [0.4, 0.5) is 0 Å². The van der Waals surface area contributed by atoms with Gasteiger partial charge in [0.15, 0.2) is 0 Å². The summed E-state index contributed by atoms with van der Waals surface area (Å²) in [5.74, 6) is 0. The van der Waals surface area contributed by atoms with Crippen molar-refractivity contribution in [2.45, 2.75) is 19.6 Å². The van der Waals surface area contributed by atoms with Crippen molar-refractivity contribution in [2.75, 3.05) is 6.61 Å². The summed E-state index contributed by atoms with van der Waals surface area (Å²) < 4.78 is 5.36. The van der Waals surface area contributed by atoms with Crippen LogP contribution in [-0.2, 0) is 11.3 Å². The predicted octanol–water partition coefficient (Wildman–Crippen LogP) is 1.55. The van der Waals surface area contributed by atoms with Gasteiger partial charge in [0, 0.05) is 6.04 Å². The summed E-state index contributed by atoms with van der Waals surface area (Å²) in [5, 5.41) is 0. The highest BCUT2D eigenvalue weighted by atomic mass is 16.5. The van der Waals surface area contributed by atoms with Crippen LogP contribution in [0, 0.1) is 0 Å². The molecule has 0 aromatic heterocycles. The monoisotopic (exact) mass is 165 g/mol. The minimum Gasteiger partial charge on any atom is -0.375 e. The molecule has 0 aliphatic heterocycles. The lowest BCUT2D eigenvalue weighted by Gasteiger charge is -2.06. The van der Waals surface area contributed by atoms with Gasteiger partial charge in [0.2, 0.25) is 0 Å². The highest BCUT2D eigenvalue weighted by Gasteiger charge is 1.94. The summed E-state index contributed by atoms with van der Waals surface area (Å²) in [5.41, 5.74) is 6.72. The Labute approximate surface area is 73.3 Å². The number of rotatable bonds is 4. The lowest BCUT2D eigenvalue weighted by atomic mass is 10.2. The minimum atomic E-state index is 0.119. The quantitative estimate of drug-likeness (QED) is 0.734. The van der Waals surface area contributed by atoms with E-state index in [1.165, 1.54) is 5.56 Å². The second-order valence-corrected chi connectivity index (χ2v) is 2.98. The Morgan fingerprint density at radius 2 is 2.00 bits per heavy atom. The van der Waals surface area contributed by atoms with E-state index >= 15 is 0 Å². The van der Waals surface area contributed by atoms with Crippen LogP contribution in [0.5, 0.6) is 0 Å². The first kappa shape index (κ1) is 9.23. The Morgan fingerprint density at radius 1 is 1.33 bits per heavy atom. The molecule has 0 radical (unpaired) electrons. The van der Waals surface area contributed by atoms with Gasteiger partial charge in [0.1, 0.15) is 0 Å². The zero-order valence-electron chi connectivity index (χ0n) is 7.36. The fourth-order valence-corrected chi connectivity index (χ4v) is 0.937. The molecular formula is C10H15NO. The lowest BCUT2D eigenvalue weighted by molar-refractivity contribution is 0.111. The van der Waals surface area contributed by atoms with Crippen LogP contribution in [0.2, 0.25) is 0 Å². The molecule has 66 valence electrons. The van der Waals surface area contributed by atoms with Crippen molar-refractivity contribution in [3.63, 3.8) is 0 Å². The number of hydrogen-bond donors (Lipinski definition) is 1. The van der Waals surface area contributed by atoms with Gasteiger partial charge in [0.05, 0.1) is 13.2 Å². The van der Waals surface area contributed by atoms with Crippen molar-refractivity contribution in [1.82, 2.24) is 0 Å². The second kappa shape index (κ2) is 4.91. The molecule has 0 fully saturated rings. The summed E-state index contributed by atoms with van der Waals surface area (Å²) in [6, 6.07) is 10.2. The summed E-state index contributed by atoms with van der Waals surface area (Å²) in [7, 11) is 0. The zero-order valence-corrected chi connectivity index (χ0v) is 7.36. The van der Waals surface area contributed by atoms with Gasteiger partial charge in [-0.05, 0) is 12.5 Å². The molecule has 0 bridgehead atoms. The Bertz CT molecular complexity index is 208. The smallest absolute Gasteiger partial charge is 0.0717 e. The standard InChI is InChI=1S/C10H15NO/c1-9(11)7-12-8-10-5-3-2-4-6-10/h2-6,9H,7-8,11H2,1H3/t9-/m1/s1. The van der Waals surface area contributed by atoms with Gasteiger partial charge >= 0.3 is 0 Å². The molecule has 1 atom stereocenters. The average Bonchev–Trinajstić information content (AvgIpc) is 2.05. The van der Waals surface area contributed by atoms with Gasteiger partial charge in [0.25, 0.3) is 0 Å². The van der Waals surface area contributed by atoms with Gasteiger partial charge in [-0.3, -0.25) is 0 Å². The molecule has 0 saturated carbocycles. The van der Waals surface area contributed by atoms with E-state index in [-0.39, 0.29) is 6.04 Å². The first-order valence-electron chi connectivity index (χ1n) is 4.16. The third-order valence-corrected chi connectivity index (χ3v) is 1.49. The molecule has 1 aromatic rings. The van der Waals surface area contributed by atoms with E-state index in [2.05, 4.69) is 0 Å². The molecule has 2 N–H and O–H groups in total. The maximum Gasteiger partial charge on any atom is 0.0717 e. The molecule has 0 saturated heterocycles. The van der Waals surface area contributed by atoms with Crippen molar-refractivity contribution in [3.8, 4) is 0 Å². The van der Waals surface area contributed by atoms with Crippen LogP contribution in [0.1, 0.15) is 12.5 Å². The van der Waals surface area contributed by atoms with E-state index in [4.69, 9.17) is 10.5 Å². The van der Waals surface area contributed by atoms with Crippen LogP contribution in [0.3, 0.4) is 0 Å². The maximum absolute atomic E-state index is 5.53. The first-order valence-corrected chi connectivity index (χ1v) is 4.16. The number of benzene rings is 1. The van der Waals surface area contributed by atoms with E-state index in [1.54, 1.807) is 0 Å². The van der Waals surface area contributed by atoms with Gasteiger partial charge in [-0.1, -0.05) is 30.3 Å². The highest BCUT2D eigenvalue weighted by Crippen LogP contribution is 2.00. The van der Waals surface area contributed by atoms with E-state index < -0.39 is 0 Å². The third-order valence-electron chi connectivity index (χ3n) is 1.49. The SMILES string of the molecule is C[C@@H](N)COCc1ccccc1. The first-order chi connectivity index (χ1) is 5.79. The highest BCUT2D eigenvalue weighted by molar-refractivity contribution is 5.13. The van der Waals surface area contributed by atoms with E-state index in [0.29, 0.717) is 13.2 Å². The van der Waals surface area contributed by atoms with Crippen molar-refractivity contribution >= 4 is 0 Å². The number of ether oxygens (including phenoxy) is 1. The molecule has 2 heteroatoms. The average molecular weight is 165 g/mol. The van der Waals surface area contributed by atoms with Crippen molar-refractivity contribution in [2.24, 2.45) is 5.73 Å². The van der Waals surface area contributed by atoms with Gasteiger partial charge in [-0.15, -0.1) is 0 Å². The normalized spacial score (nSPS) is 12.8.